The zero-order chi connectivity index (χ0) is 13.4. The molecule has 2 N–H and O–H groups in total. The van der Waals surface area contributed by atoms with E-state index in [0.29, 0.717) is 0 Å². The molecule has 18 heavy (non-hydrogen) atoms. The number of hydrogen-bond acceptors (Lipinski definition) is 3. The summed E-state index contributed by atoms with van der Waals surface area (Å²) in [6.45, 7) is 6.11. The Hall–Kier alpha value is -1.61. The fourth-order valence-electron chi connectivity index (χ4n) is 1.72. The Labute approximate surface area is 109 Å². The molecule has 1 atom stereocenters. The van der Waals surface area contributed by atoms with E-state index in [2.05, 4.69) is 23.3 Å². The predicted octanol–water partition coefficient (Wildman–Crippen LogP) is 3.08. The SMILES string of the molecule is C/C=C\C(=C/CC)C(CO)Nc1ccc(C)cn1. The van der Waals surface area contributed by atoms with Crippen LogP contribution in [0.2, 0.25) is 0 Å². The van der Waals surface area contributed by atoms with Gasteiger partial charge in [0, 0.05) is 6.20 Å². The zero-order valence-corrected chi connectivity index (χ0v) is 11.4. The first-order valence-corrected chi connectivity index (χ1v) is 6.34. The fraction of sp³-hybridized carbons (Fsp3) is 0.400. The van der Waals surface area contributed by atoms with Crippen LogP contribution >= 0.6 is 0 Å². The Morgan fingerprint density at radius 2 is 2.28 bits per heavy atom. The lowest BCUT2D eigenvalue weighted by molar-refractivity contribution is 0.287. The van der Waals surface area contributed by atoms with Crippen LogP contribution in [0.25, 0.3) is 0 Å². The molecule has 0 bridgehead atoms. The molecular formula is C15H22N2O. The van der Waals surface area contributed by atoms with Gasteiger partial charge in [0.1, 0.15) is 5.82 Å². The predicted molar refractivity (Wildman–Crippen MR) is 76.7 cm³/mol. The number of aliphatic hydroxyl groups excluding tert-OH is 1. The van der Waals surface area contributed by atoms with Crippen molar-refractivity contribution in [3.63, 3.8) is 0 Å². The number of allylic oxidation sites excluding steroid dienone is 2. The van der Waals surface area contributed by atoms with Crippen LogP contribution in [0.5, 0.6) is 0 Å². The van der Waals surface area contributed by atoms with Gasteiger partial charge in [0.15, 0.2) is 0 Å². The summed E-state index contributed by atoms with van der Waals surface area (Å²) >= 11 is 0. The average molecular weight is 246 g/mol. The number of aliphatic hydroxyl groups is 1. The summed E-state index contributed by atoms with van der Waals surface area (Å²) in [6.07, 6.45) is 8.87. The van der Waals surface area contributed by atoms with Gasteiger partial charge in [-0.2, -0.15) is 0 Å². The van der Waals surface area contributed by atoms with Crippen LogP contribution in [0.1, 0.15) is 25.8 Å². The van der Waals surface area contributed by atoms with Gasteiger partial charge in [0.25, 0.3) is 0 Å². The van der Waals surface area contributed by atoms with Crippen molar-refractivity contribution in [1.29, 1.82) is 0 Å². The maximum Gasteiger partial charge on any atom is 0.126 e. The van der Waals surface area contributed by atoms with Crippen molar-refractivity contribution in [2.24, 2.45) is 0 Å². The van der Waals surface area contributed by atoms with Gasteiger partial charge < -0.3 is 10.4 Å². The molecule has 0 saturated heterocycles. The van der Waals surface area contributed by atoms with Crippen LogP contribution in [-0.4, -0.2) is 22.7 Å². The molecule has 1 aromatic heterocycles. The average Bonchev–Trinajstić information content (AvgIpc) is 2.38. The maximum atomic E-state index is 9.50. The minimum absolute atomic E-state index is 0.0474. The molecule has 0 aromatic carbocycles. The number of nitrogens with one attached hydrogen (secondary N) is 1. The first kappa shape index (κ1) is 14.5. The lowest BCUT2D eigenvalue weighted by atomic mass is 10.1. The first-order valence-electron chi connectivity index (χ1n) is 6.34. The number of nitrogens with zero attached hydrogens (tertiary/aromatic N) is 1. The molecule has 1 heterocycles. The van der Waals surface area contributed by atoms with Crippen LogP contribution < -0.4 is 5.32 Å². The van der Waals surface area contributed by atoms with Crippen LogP contribution in [0, 0.1) is 6.92 Å². The fourth-order valence-corrected chi connectivity index (χ4v) is 1.72. The summed E-state index contributed by atoms with van der Waals surface area (Å²) in [5.74, 6) is 0.783. The Bertz CT molecular complexity index is 407. The molecule has 1 rings (SSSR count). The number of pyridine rings is 1. The van der Waals surface area contributed by atoms with E-state index in [4.69, 9.17) is 0 Å². The van der Waals surface area contributed by atoms with Crippen LogP contribution in [0.3, 0.4) is 0 Å². The number of hydrogen-bond donors (Lipinski definition) is 2. The van der Waals surface area contributed by atoms with E-state index in [1.165, 1.54) is 0 Å². The second-order valence-electron chi connectivity index (χ2n) is 4.21. The highest BCUT2D eigenvalue weighted by atomic mass is 16.3. The highest BCUT2D eigenvalue weighted by Gasteiger charge is 2.10. The lowest BCUT2D eigenvalue weighted by Crippen LogP contribution is -2.26. The number of aryl methyl sites for hydroxylation is 1. The summed E-state index contributed by atoms with van der Waals surface area (Å²) < 4.78 is 0. The van der Waals surface area contributed by atoms with Crippen LogP contribution in [0.4, 0.5) is 5.82 Å². The van der Waals surface area contributed by atoms with Crippen molar-refractivity contribution in [2.45, 2.75) is 33.2 Å². The molecule has 1 aromatic rings. The monoisotopic (exact) mass is 246 g/mol. The van der Waals surface area contributed by atoms with Crippen molar-refractivity contribution in [3.05, 3.63) is 47.7 Å². The lowest BCUT2D eigenvalue weighted by Gasteiger charge is -2.18. The highest BCUT2D eigenvalue weighted by Crippen LogP contribution is 2.12. The normalized spacial score (nSPS) is 13.9. The second kappa shape index (κ2) is 7.67. The third-order valence-electron chi connectivity index (χ3n) is 2.62. The van der Waals surface area contributed by atoms with E-state index >= 15 is 0 Å². The van der Waals surface area contributed by atoms with Crippen molar-refractivity contribution in [3.8, 4) is 0 Å². The summed E-state index contributed by atoms with van der Waals surface area (Å²) in [4.78, 5) is 4.30. The smallest absolute Gasteiger partial charge is 0.126 e. The van der Waals surface area contributed by atoms with Gasteiger partial charge in [-0.25, -0.2) is 4.98 Å². The number of aromatic nitrogens is 1. The van der Waals surface area contributed by atoms with Gasteiger partial charge >= 0.3 is 0 Å². The Kier molecular flexibility index (Phi) is 6.15. The molecule has 0 saturated carbocycles. The van der Waals surface area contributed by atoms with Crippen LogP contribution in [0.15, 0.2) is 42.1 Å². The number of anilines is 1. The third kappa shape index (κ3) is 4.34. The molecule has 98 valence electrons. The second-order valence-corrected chi connectivity index (χ2v) is 4.21. The van der Waals surface area contributed by atoms with E-state index in [9.17, 15) is 5.11 Å². The van der Waals surface area contributed by atoms with Gasteiger partial charge in [0.2, 0.25) is 0 Å². The molecule has 3 nitrogen and oxygen atoms in total. The van der Waals surface area contributed by atoms with Crippen molar-refractivity contribution in [1.82, 2.24) is 4.98 Å². The molecule has 0 radical (unpaired) electrons. The van der Waals surface area contributed by atoms with Crippen molar-refractivity contribution >= 4 is 5.82 Å². The topological polar surface area (TPSA) is 45.1 Å². The molecule has 0 aliphatic rings. The van der Waals surface area contributed by atoms with Gasteiger partial charge in [-0.05, 0) is 37.5 Å². The standard InChI is InChI=1S/C15H22N2O/c1-4-6-13(7-5-2)14(11-18)17-15-9-8-12(3)10-16-15/h4,6-10,14,18H,5,11H2,1-3H3,(H,16,17)/b6-4-,13-7+. The van der Waals surface area contributed by atoms with Crippen LogP contribution in [-0.2, 0) is 0 Å². The van der Waals surface area contributed by atoms with E-state index in [-0.39, 0.29) is 12.6 Å². The molecule has 0 amide bonds. The third-order valence-corrected chi connectivity index (χ3v) is 2.62. The first-order chi connectivity index (χ1) is 8.71. The Morgan fingerprint density at radius 3 is 2.78 bits per heavy atom. The highest BCUT2D eigenvalue weighted by molar-refractivity contribution is 5.41. The molecule has 0 aliphatic carbocycles. The molecule has 0 spiro atoms. The molecule has 0 aliphatic heterocycles. The minimum atomic E-state index is -0.114. The summed E-state index contributed by atoms with van der Waals surface area (Å²) in [5, 5.41) is 12.7. The Balaban J connectivity index is 2.82. The summed E-state index contributed by atoms with van der Waals surface area (Å²) in [7, 11) is 0. The molecular weight excluding hydrogens is 224 g/mol. The minimum Gasteiger partial charge on any atom is -0.394 e. The zero-order valence-electron chi connectivity index (χ0n) is 11.4. The van der Waals surface area contributed by atoms with Crippen molar-refractivity contribution < 1.29 is 5.11 Å². The largest absolute Gasteiger partial charge is 0.394 e. The number of rotatable bonds is 6. The molecule has 0 fully saturated rings. The van der Waals surface area contributed by atoms with Gasteiger partial charge in [-0.3, -0.25) is 0 Å². The van der Waals surface area contributed by atoms with Gasteiger partial charge in [0.05, 0.1) is 12.6 Å². The summed E-state index contributed by atoms with van der Waals surface area (Å²) in [5.41, 5.74) is 2.21. The van der Waals surface area contributed by atoms with E-state index in [1.807, 2.05) is 44.3 Å². The van der Waals surface area contributed by atoms with Gasteiger partial charge in [-0.15, -0.1) is 0 Å². The van der Waals surface area contributed by atoms with Crippen molar-refractivity contribution in [2.75, 3.05) is 11.9 Å². The van der Waals surface area contributed by atoms with Gasteiger partial charge in [-0.1, -0.05) is 31.2 Å². The maximum absolute atomic E-state index is 9.50. The molecule has 3 heteroatoms. The van der Waals surface area contributed by atoms with E-state index in [1.54, 1.807) is 0 Å². The summed E-state index contributed by atoms with van der Waals surface area (Å²) in [6, 6.07) is 3.82. The van der Waals surface area contributed by atoms with E-state index < -0.39 is 0 Å². The Morgan fingerprint density at radius 1 is 1.50 bits per heavy atom. The molecule has 1 unspecified atom stereocenters. The van der Waals surface area contributed by atoms with E-state index in [0.717, 1.165) is 23.4 Å². The quantitative estimate of drug-likeness (QED) is 0.758.